The molecular formula is C70H104FN11O26Si. The number of anilines is 1. The molecule has 7 rings (SSSR count). The molecule has 2 aliphatic heterocycles. The summed E-state index contributed by atoms with van der Waals surface area (Å²) in [6.45, 7) is 2.65. The van der Waals surface area contributed by atoms with E-state index in [2.05, 4.69) is 31.9 Å². The molecule has 7 amide bonds. The largest absolute Gasteiger partial charge is 0.458 e. The average Bonchev–Trinajstić information content (AvgIpc) is 1.57. The van der Waals surface area contributed by atoms with E-state index in [1.165, 1.54) is 10.6 Å². The summed E-state index contributed by atoms with van der Waals surface area (Å²) in [4.78, 5) is 111. The van der Waals surface area contributed by atoms with Crippen molar-refractivity contribution in [1.82, 2.24) is 41.4 Å². The third-order valence-corrected chi connectivity index (χ3v) is 19.2. The number of carbonyl (C=O) groups is 7. The summed E-state index contributed by atoms with van der Waals surface area (Å²) in [5, 5.41) is 116. The highest BCUT2D eigenvalue weighted by molar-refractivity contribution is 6.15. The molecule has 0 saturated heterocycles. The van der Waals surface area contributed by atoms with Crippen molar-refractivity contribution in [3.8, 4) is 11.4 Å². The van der Waals surface area contributed by atoms with Gasteiger partial charge in [0.2, 0.25) is 17.7 Å². The quantitative estimate of drug-likeness (QED) is 0.00779. The highest BCUT2D eigenvalue weighted by Crippen LogP contribution is 2.47. The second-order valence-corrected chi connectivity index (χ2v) is 29.6. The molecule has 20 N–H and O–H groups in total. The number of aliphatic hydroxyl groups is 8. The lowest BCUT2D eigenvalue weighted by Gasteiger charge is -2.35. The molecular weight excluding hydrogens is 1460 g/mol. The van der Waals surface area contributed by atoms with E-state index in [4.69, 9.17) is 64.8 Å². The smallest absolute Gasteiger partial charge is 0.407 e. The molecule has 1 aliphatic carbocycles. The maximum atomic E-state index is 15.6. The Hall–Kier alpha value is -7.88. The number of aryl methyl sites for hydroxylation is 1. The van der Waals surface area contributed by atoms with Gasteiger partial charge in [-0.15, -0.1) is 0 Å². The number of fused-ring (bicyclic) bond motifs is 5. The van der Waals surface area contributed by atoms with Crippen LogP contribution in [0.15, 0.2) is 41.2 Å². The number of amides is 7. The highest BCUT2D eigenvalue weighted by atomic mass is 28.1. The second kappa shape index (κ2) is 42.5. The molecule has 37 nitrogen and oxygen atoms in total. The summed E-state index contributed by atoms with van der Waals surface area (Å²) in [7, 11) is 0.393. The zero-order valence-electron chi connectivity index (χ0n) is 61.5. The standard InChI is InChI=1S/C70H104FN11O26Si/c1-36(2)60(80-62(90)52(72)8-5-6-16-74-64(92)57(89)35-106-33-46(88)32-105-31-45(87)30-104-29-44(86)28-103-27-43(85)26-102-25-42(84)24-101-23-41(83)20-82(99)100)65(93)78-54(9-7-17-75-68(73)96)63(91)76-40-12-10-39(11-13-40)22-108-69(97)79-53-15-14-47-37(3)51(71)19-55-58(47)59(53)48-21-81-56(61(48)77-55)18-50-49(66(81)94)34-107-67(95)70(50,98)38(4)109/h10-13,18-19,36,38,41-46,52-54,57,60,83-89,98-100H,5-9,14-17,20-35,72H2,1-4,109H3,(H,74,92)(H,76,91)(H,78,93)(H,79,97)(H,80,90)(H3,73,75,96)/t38-,41?,42?,43?,44?,45?,46?,52+,53+,54+,57?,60+,70+/m1/s1. The maximum Gasteiger partial charge on any atom is 0.407 e. The van der Waals surface area contributed by atoms with Gasteiger partial charge in [-0.3, -0.25) is 34.4 Å². The van der Waals surface area contributed by atoms with E-state index in [-0.39, 0.29) is 141 Å². The average molecular weight is 1560 g/mol. The van der Waals surface area contributed by atoms with E-state index in [0.29, 0.717) is 91.7 Å². The number of rotatable bonds is 47. The number of unbranched alkanes of at least 4 members (excludes halogenated alkanes) is 1. The number of aliphatic hydroxyl groups excluding tert-OH is 7. The summed E-state index contributed by atoms with van der Waals surface area (Å²) < 4.78 is 59.4. The Kier molecular flexibility index (Phi) is 34.4. The number of esters is 1. The SMILES string of the molecule is Cc1c(F)cc2nc3c(c4c2c1CC[C@@H]4NC(=O)OCc1ccc(NC(=O)[C@H](CCCNC(N)=O)NC(=O)[C@@H](NC(=O)[C@@H](N)CCCCNC(=O)C(O)COCC(O)COCC(O)COCC(O)COCC(O)COCC(O)COCC(O)CN(O)O)C(C)C)cc1)Cn1c-3cc2c(c1=O)COC(=O)[C@]2(O)[C@@H](C)[SiH3]. The number of nitrogens with one attached hydrogen (secondary N) is 6. The van der Waals surface area contributed by atoms with Gasteiger partial charge in [-0.05, 0) is 104 Å². The first-order chi connectivity index (χ1) is 51.8. The molecule has 0 saturated carbocycles. The predicted molar refractivity (Wildman–Crippen MR) is 385 cm³/mol. The van der Waals surface area contributed by atoms with Gasteiger partial charge < -0.3 is 127 Å². The normalized spacial score (nSPS) is 18.2. The van der Waals surface area contributed by atoms with Crippen LogP contribution in [-0.4, -0.2) is 278 Å². The van der Waals surface area contributed by atoms with Gasteiger partial charge in [-0.1, -0.05) is 38.1 Å². The van der Waals surface area contributed by atoms with E-state index in [9.17, 15) is 79.2 Å². The summed E-state index contributed by atoms with van der Waals surface area (Å²) in [6, 6.07) is 4.32. The number of ether oxygens (including phenoxy) is 8. The van der Waals surface area contributed by atoms with E-state index in [0.717, 1.165) is 0 Å². The molecule has 0 spiro atoms. The fraction of sp³-hybridized carbons (Fsp3) is 0.614. The van der Waals surface area contributed by atoms with Gasteiger partial charge in [-0.2, -0.15) is 0 Å². The first-order valence-corrected chi connectivity index (χ1v) is 37.1. The Balaban J connectivity index is 0.784. The Bertz CT molecular complexity index is 3790. The van der Waals surface area contributed by atoms with Crippen LogP contribution in [0.3, 0.4) is 0 Å². The van der Waals surface area contributed by atoms with Crippen molar-refractivity contribution in [3.05, 3.63) is 91.5 Å². The van der Waals surface area contributed by atoms with Crippen molar-refractivity contribution < 1.29 is 127 Å². The van der Waals surface area contributed by atoms with Crippen molar-refractivity contribution in [2.45, 2.75) is 170 Å². The van der Waals surface area contributed by atoms with Gasteiger partial charge in [0.15, 0.2) is 11.7 Å². The number of nitrogens with zero attached hydrogens (tertiary/aromatic N) is 3. The molecule has 109 heavy (non-hydrogen) atoms. The molecule has 2 aromatic heterocycles. The van der Waals surface area contributed by atoms with E-state index in [1.807, 2.05) is 0 Å². The van der Waals surface area contributed by atoms with Crippen molar-refractivity contribution >= 4 is 68.6 Å². The lowest BCUT2D eigenvalue weighted by atomic mass is 9.81. The Morgan fingerprint density at radius 2 is 1.28 bits per heavy atom. The minimum Gasteiger partial charge on any atom is -0.458 e. The van der Waals surface area contributed by atoms with Gasteiger partial charge in [0.05, 0.1) is 133 Å². The number of alkyl carbamates (subject to hydrolysis) is 1. The zero-order chi connectivity index (χ0) is 79.8. The van der Waals surface area contributed by atoms with Crippen LogP contribution >= 0.6 is 0 Å². The third kappa shape index (κ3) is 25.6. The molecule has 3 aliphatic rings. The molecule has 0 fully saturated rings. The Labute approximate surface area is 629 Å². The van der Waals surface area contributed by atoms with Gasteiger partial charge in [0.25, 0.3) is 11.5 Å². The Morgan fingerprint density at radius 1 is 0.716 bits per heavy atom. The number of nitrogens with two attached hydrogens (primary N) is 2. The van der Waals surface area contributed by atoms with Crippen LogP contribution in [0.2, 0.25) is 5.54 Å². The Morgan fingerprint density at radius 3 is 1.83 bits per heavy atom. The van der Waals surface area contributed by atoms with Crippen LogP contribution in [0, 0.1) is 18.7 Å². The number of pyridine rings is 2. The minimum atomic E-state index is -2.05. The number of urea groups is 1. The fourth-order valence-electron chi connectivity index (χ4n) is 12.5. The lowest BCUT2D eigenvalue weighted by molar-refractivity contribution is -0.316. The number of benzene rings is 2. The maximum absolute atomic E-state index is 15.6. The van der Waals surface area contributed by atoms with E-state index in [1.54, 1.807) is 58.0 Å². The van der Waals surface area contributed by atoms with Crippen molar-refractivity contribution in [1.29, 1.82) is 0 Å². The van der Waals surface area contributed by atoms with Crippen LogP contribution in [0.25, 0.3) is 22.3 Å². The number of hydroxylamine groups is 2. The lowest BCUT2D eigenvalue weighted by Crippen LogP contribution is -2.56. The molecule has 4 heterocycles. The number of carbonyl (C=O) groups excluding carboxylic acids is 7. The van der Waals surface area contributed by atoms with Crippen molar-refractivity contribution in [2.75, 3.05) is 104 Å². The number of cyclic esters (lactones) is 1. The number of hydrogen-bond donors (Lipinski definition) is 18. The molecule has 4 aromatic rings. The molecule has 39 heteroatoms. The first-order valence-electron chi connectivity index (χ1n) is 36.0. The van der Waals surface area contributed by atoms with Gasteiger partial charge in [-0.25, -0.2) is 23.8 Å². The number of primary amides is 1. The molecule has 13 atom stereocenters. The molecule has 606 valence electrons. The van der Waals surface area contributed by atoms with Gasteiger partial charge in [0, 0.05) is 51.6 Å². The zero-order valence-corrected chi connectivity index (χ0v) is 63.5. The molecule has 0 radical (unpaired) electrons. The number of aromatic nitrogens is 2. The first kappa shape index (κ1) is 88.3. The topological polar surface area (TPSA) is 558 Å². The summed E-state index contributed by atoms with van der Waals surface area (Å²) in [6.07, 6.45) is -7.53. The van der Waals surface area contributed by atoms with Crippen LogP contribution < -0.4 is 48.9 Å². The number of halogens is 1. The van der Waals surface area contributed by atoms with Crippen molar-refractivity contribution in [3.63, 3.8) is 0 Å². The molecule has 2 aromatic carbocycles. The van der Waals surface area contributed by atoms with Crippen LogP contribution in [0.5, 0.6) is 0 Å². The molecule has 7 unspecified atom stereocenters. The summed E-state index contributed by atoms with van der Waals surface area (Å²) in [5.41, 5.74) is 12.9. The van der Waals surface area contributed by atoms with Crippen LogP contribution in [0.4, 0.5) is 19.7 Å². The van der Waals surface area contributed by atoms with E-state index >= 15 is 4.39 Å². The summed E-state index contributed by atoms with van der Waals surface area (Å²) >= 11 is 0. The van der Waals surface area contributed by atoms with Crippen molar-refractivity contribution in [2.24, 2.45) is 17.4 Å². The fourth-order valence-corrected chi connectivity index (χ4v) is 13.0. The van der Waals surface area contributed by atoms with Crippen LogP contribution in [-0.2, 0) is 93.6 Å². The summed E-state index contributed by atoms with van der Waals surface area (Å²) in [5.74, 6) is -4.61. The van der Waals surface area contributed by atoms with Gasteiger partial charge >= 0.3 is 18.1 Å². The highest BCUT2D eigenvalue weighted by Gasteiger charge is 2.49. The van der Waals surface area contributed by atoms with E-state index < -0.39 is 150 Å². The second-order valence-electron chi connectivity index (χ2n) is 27.9. The monoisotopic (exact) mass is 1560 g/mol. The number of hydrogen-bond acceptors (Lipinski definition) is 29. The van der Waals surface area contributed by atoms with Crippen LogP contribution in [0.1, 0.15) is 104 Å². The predicted octanol–water partition coefficient (Wildman–Crippen LogP) is -3.46. The van der Waals surface area contributed by atoms with Gasteiger partial charge in [0.1, 0.15) is 61.6 Å². The molecule has 0 bridgehead atoms. The minimum absolute atomic E-state index is 0.0199. The third-order valence-electron chi connectivity index (χ3n) is 18.3.